The van der Waals surface area contributed by atoms with Crippen LogP contribution in [-0.2, 0) is 0 Å². The van der Waals surface area contributed by atoms with E-state index < -0.39 is 12.6 Å². The zero-order valence-corrected chi connectivity index (χ0v) is 18.4. The molecular formula is C25H39F3O. The van der Waals surface area contributed by atoms with Crippen LogP contribution in [0.1, 0.15) is 91.4 Å². The van der Waals surface area contributed by atoms with Gasteiger partial charge >= 0.3 is 6.18 Å². The van der Waals surface area contributed by atoms with Gasteiger partial charge in [0.2, 0.25) is 0 Å². The van der Waals surface area contributed by atoms with Gasteiger partial charge in [-0.3, -0.25) is 0 Å². The Labute approximate surface area is 174 Å². The molecule has 0 amide bonds. The second-order valence-corrected chi connectivity index (χ2v) is 11.4. The van der Waals surface area contributed by atoms with Gasteiger partial charge < -0.3 is 5.11 Å². The molecule has 4 heteroatoms. The van der Waals surface area contributed by atoms with Crippen LogP contribution in [0.3, 0.4) is 0 Å². The van der Waals surface area contributed by atoms with Crippen molar-refractivity contribution in [3.8, 4) is 0 Å². The molecule has 0 aromatic heterocycles. The number of fused-ring (bicyclic) bond motifs is 5. The molecule has 0 aromatic carbocycles. The van der Waals surface area contributed by atoms with E-state index in [-0.39, 0.29) is 17.9 Å². The summed E-state index contributed by atoms with van der Waals surface area (Å²) < 4.78 is 37.8. The molecule has 1 N–H and O–H groups in total. The Morgan fingerprint density at radius 2 is 1.86 bits per heavy atom. The van der Waals surface area contributed by atoms with Gasteiger partial charge in [0.25, 0.3) is 0 Å². The molecule has 4 aliphatic carbocycles. The molecule has 0 bridgehead atoms. The van der Waals surface area contributed by atoms with Crippen LogP contribution in [-0.4, -0.2) is 17.4 Å². The predicted molar refractivity (Wildman–Crippen MR) is 110 cm³/mol. The van der Waals surface area contributed by atoms with Crippen molar-refractivity contribution in [2.45, 2.75) is 104 Å². The molecule has 8 atom stereocenters. The van der Waals surface area contributed by atoms with Crippen LogP contribution in [0.15, 0.2) is 11.6 Å². The first kappa shape index (κ1) is 21.7. The van der Waals surface area contributed by atoms with Gasteiger partial charge in [-0.1, -0.05) is 38.8 Å². The zero-order valence-electron chi connectivity index (χ0n) is 18.4. The van der Waals surface area contributed by atoms with E-state index in [1.54, 1.807) is 0 Å². The van der Waals surface area contributed by atoms with Crippen molar-refractivity contribution in [3.63, 3.8) is 0 Å². The standard InChI is InChI=1S/C25H39F3O/c1-16(5-4-12-25(26,27)28)20-8-9-21-19-7-6-17-15-18(29)10-13-23(17,2)22(19)11-14-24(20,21)3/h6,16,18-22,29H,4-5,7-15H2,1-3H3/t16-,18?,19+,20?,21?,22?,23?,24?/m1/s1. The highest BCUT2D eigenvalue weighted by Gasteiger charge is 2.59. The van der Waals surface area contributed by atoms with Crippen molar-refractivity contribution in [2.24, 2.45) is 40.4 Å². The molecular weight excluding hydrogens is 373 g/mol. The van der Waals surface area contributed by atoms with Crippen LogP contribution < -0.4 is 0 Å². The summed E-state index contributed by atoms with van der Waals surface area (Å²) in [6.45, 7) is 7.14. The SMILES string of the molecule is C[C@H](CCCC(F)(F)F)C1CCC2[C@@H]3CC=C4CC(O)CCC4(C)C3CCC21C. The Hall–Kier alpha value is -0.510. The van der Waals surface area contributed by atoms with Gasteiger partial charge in [0.1, 0.15) is 0 Å². The van der Waals surface area contributed by atoms with Gasteiger partial charge in [0.15, 0.2) is 0 Å². The van der Waals surface area contributed by atoms with Gasteiger partial charge in [-0.15, -0.1) is 0 Å². The third kappa shape index (κ3) is 3.81. The van der Waals surface area contributed by atoms with Crippen molar-refractivity contribution in [1.82, 2.24) is 0 Å². The topological polar surface area (TPSA) is 20.2 Å². The molecule has 0 radical (unpaired) electrons. The second kappa shape index (κ2) is 7.57. The maximum Gasteiger partial charge on any atom is 0.389 e. The number of alkyl halides is 3. The van der Waals surface area contributed by atoms with Gasteiger partial charge in [-0.25, -0.2) is 0 Å². The first-order valence-corrected chi connectivity index (χ1v) is 12.0. The van der Waals surface area contributed by atoms with Crippen LogP contribution in [0.25, 0.3) is 0 Å². The lowest BCUT2D eigenvalue weighted by Gasteiger charge is -2.58. The minimum absolute atomic E-state index is 0.159. The molecule has 1 nitrogen and oxygen atoms in total. The summed E-state index contributed by atoms with van der Waals surface area (Å²) >= 11 is 0. The monoisotopic (exact) mass is 412 g/mol. The number of halogens is 3. The fourth-order valence-electron chi connectivity index (χ4n) is 8.44. The molecule has 0 aromatic rings. The molecule has 29 heavy (non-hydrogen) atoms. The van der Waals surface area contributed by atoms with E-state index in [1.165, 1.54) is 31.3 Å². The van der Waals surface area contributed by atoms with Gasteiger partial charge in [0.05, 0.1) is 6.10 Å². The van der Waals surface area contributed by atoms with E-state index >= 15 is 0 Å². The van der Waals surface area contributed by atoms with Crippen molar-refractivity contribution in [3.05, 3.63) is 11.6 Å². The van der Waals surface area contributed by atoms with Crippen molar-refractivity contribution < 1.29 is 18.3 Å². The van der Waals surface area contributed by atoms with E-state index in [0.29, 0.717) is 23.7 Å². The summed E-state index contributed by atoms with van der Waals surface area (Å²) in [5.74, 6) is 3.14. The highest BCUT2D eigenvalue weighted by molar-refractivity contribution is 5.25. The van der Waals surface area contributed by atoms with Crippen LogP contribution in [0.2, 0.25) is 0 Å². The maximum atomic E-state index is 12.6. The number of aliphatic hydroxyl groups is 1. The molecule has 4 aliphatic rings. The molecule has 3 fully saturated rings. The Balaban J connectivity index is 1.47. The molecule has 0 aliphatic heterocycles. The average Bonchev–Trinajstić information content (AvgIpc) is 2.98. The normalized spacial score (nSPS) is 45.8. The van der Waals surface area contributed by atoms with Crippen LogP contribution in [0, 0.1) is 40.4 Å². The number of rotatable bonds is 4. The van der Waals surface area contributed by atoms with E-state index in [2.05, 4.69) is 26.8 Å². The third-order valence-corrected chi connectivity index (χ3v) is 9.96. The quantitative estimate of drug-likeness (QED) is 0.481. The first-order chi connectivity index (χ1) is 13.5. The first-order valence-electron chi connectivity index (χ1n) is 12.0. The van der Waals surface area contributed by atoms with E-state index in [0.717, 1.165) is 43.4 Å². The van der Waals surface area contributed by atoms with Crippen molar-refractivity contribution in [1.29, 1.82) is 0 Å². The number of hydrogen-bond donors (Lipinski definition) is 1. The maximum absolute atomic E-state index is 12.6. The van der Waals surface area contributed by atoms with E-state index in [9.17, 15) is 18.3 Å². The minimum Gasteiger partial charge on any atom is -0.393 e. The fourth-order valence-corrected chi connectivity index (χ4v) is 8.44. The fraction of sp³-hybridized carbons (Fsp3) is 0.920. The Kier molecular flexibility index (Phi) is 5.67. The lowest BCUT2D eigenvalue weighted by molar-refractivity contribution is -0.136. The summed E-state index contributed by atoms with van der Waals surface area (Å²) in [5.41, 5.74) is 2.07. The molecule has 0 spiro atoms. The van der Waals surface area contributed by atoms with Crippen molar-refractivity contribution in [2.75, 3.05) is 0 Å². The zero-order chi connectivity index (χ0) is 21.0. The predicted octanol–water partition coefficient (Wildman–Crippen LogP) is 7.30. The Bertz CT molecular complexity index is 640. The summed E-state index contributed by atoms with van der Waals surface area (Å²) in [6.07, 6.45) is 7.65. The van der Waals surface area contributed by atoms with Crippen LogP contribution >= 0.6 is 0 Å². The summed E-state index contributed by atoms with van der Waals surface area (Å²) in [7, 11) is 0. The van der Waals surface area contributed by atoms with E-state index in [4.69, 9.17) is 0 Å². The Morgan fingerprint density at radius 1 is 1.10 bits per heavy atom. The number of allylic oxidation sites excluding steroid dienone is 1. The Morgan fingerprint density at radius 3 is 2.59 bits per heavy atom. The molecule has 166 valence electrons. The van der Waals surface area contributed by atoms with Crippen molar-refractivity contribution >= 4 is 0 Å². The molecule has 0 heterocycles. The third-order valence-electron chi connectivity index (χ3n) is 9.96. The molecule has 0 saturated heterocycles. The second-order valence-electron chi connectivity index (χ2n) is 11.4. The molecule has 3 saturated carbocycles. The minimum atomic E-state index is -4.02. The van der Waals surface area contributed by atoms with Gasteiger partial charge in [0, 0.05) is 6.42 Å². The lowest BCUT2D eigenvalue weighted by Crippen LogP contribution is -2.50. The van der Waals surface area contributed by atoms with E-state index in [1.807, 2.05) is 0 Å². The van der Waals surface area contributed by atoms with Gasteiger partial charge in [-0.2, -0.15) is 13.2 Å². The lowest BCUT2D eigenvalue weighted by atomic mass is 9.47. The summed E-state index contributed by atoms with van der Waals surface area (Å²) in [5, 5.41) is 10.2. The highest BCUT2D eigenvalue weighted by Crippen LogP contribution is 2.67. The van der Waals surface area contributed by atoms with Crippen LogP contribution in [0.5, 0.6) is 0 Å². The molecule has 6 unspecified atom stereocenters. The smallest absolute Gasteiger partial charge is 0.389 e. The molecule has 4 rings (SSSR count). The number of aliphatic hydroxyl groups excluding tert-OH is 1. The summed E-state index contributed by atoms with van der Waals surface area (Å²) in [4.78, 5) is 0. The highest BCUT2D eigenvalue weighted by atomic mass is 19.4. The number of hydrogen-bond acceptors (Lipinski definition) is 1. The average molecular weight is 413 g/mol. The summed E-state index contributed by atoms with van der Waals surface area (Å²) in [6, 6.07) is 0. The van der Waals surface area contributed by atoms with Crippen LogP contribution in [0.4, 0.5) is 13.2 Å². The van der Waals surface area contributed by atoms with Gasteiger partial charge in [-0.05, 0) is 98.2 Å². The largest absolute Gasteiger partial charge is 0.393 e.